The first-order valence-electron chi connectivity index (χ1n) is 13.1. The molecule has 0 saturated heterocycles. The van der Waals surface area contributed by atoms with Crippen LogP contribution in [0.3, 0.4) is 0 Å². The van der Waals surface area contributed by atoms with Crippen molar-refractivity contribution < 1.29 is 14.6 Å². The molecule has 4 saturated carbocycles. The van der Waals surface area contributed by atoms with Gasteiger partial charge in [-0.1, -0.05) is 37.8 Å². The highest BCUT2D eigenvalue weighted by atomic mass is 16.5. The molecule has 3 heteroatoms. The van der Waals surface area contributed by atoms with Crippen molar-refractivity contribution in [2.75, 3.05) is 7.11 Å². The second-order valence-corrected chi connectivity index (χ2v) is 12.1. The number of hydrogen-bond donors (Lipinski definition) is 1. The van der Waals surface area contributed by atoms with Crippen LogP contribution >= 0.6 is 0 Å². The van der Waals surface area contributed by atoms with E-state index in [0.29, 0.717) is 28.4 Å². The Morgan fingerprint density at radius 1 is 0.970 bits per heavy atom. The van der Waals surface area contributed by atoms with Crippen LogP contribution in [0, 0.1) is 46.3 Å². The lowest BCUT2D eigenvalue weighted by atomic mass is 9.44. The molecule has 0 spiro atoms. The van der Waals surface area contributed by atoms with E-state index in [1.807, 2.05) is 31.4 Å². The number of fused-ring (bicyclic) bond motifs is 5. The van der Waals surface area contributed by atoms with Gasteiger partial charge in [0, 0.05) is 18.2 Å². The van der Waals surface area contributed by atoms with E-state index < -0.39 is 5.60 Å². The second-order valence-electron chi connectivity index (χ2n) is 12.1. The van der Waals surface area contributed by atoms with Crippen LogP contribution in [0.15, 0.2) is 24.3 Å². The van der Waals surface area contributed by atoms with Crippen molar-refractivity contribution in [3.05, 3.63) is 35.4 Å². The first kappa shape index (κ1) is 23.1. The molecule has 33 heavy (non-hydrogen) atoms. The summed E-state index contributed by atoms with van der Waals surface area (Å²) in [6, 6.07) is 7.42. The first-order valence-corrected chi connectivity index (χ1v) is 13.1. The average molecular weight is 449 g/mol. The highest BCUT2D eigenvalue weighted by molar-refractivity contribution is 5.94. The Kier molecular flexibility index (Phi) is 5.78. The molecule has 178 valence electrons. The molecular weight excluding hydrogens is 408 g/mol. The lowest BCUT2D eigenvalue weighted by Gasteiger charge is -2.61. The fourth-order valence-corrected chi connectivity index (χ4v) is 8.67. The summed E-state index contributed by atoms with van der Waals surface area (Å²) in [5.41, 5.74) is 1.36. The minimum atomic E-state index is -0.895. The van der Waals surface area contributed by atoms with Crippen LogP contribution in [-0.2, 0) is 4.74 Å². The van der Waals surface area contributed by atoms with Crippen molar-refractivity contribution in [1.29, 1.82) is 0 Å². The van der Waals surface area contributed by atoms with Gasteiger partial charge in [0.25, 0.3) is 0 Å². The zero-order valence-electron chi connectivity index (χ0n) is 20.8. The maximum absolute atomic E-state index is 11.5. The largest absolute Gasteiger partial charge is 0.381 e. The SMILES string of the molecule is CO[C@H]1CC[C@H]2[C@@H]3CC[C@H]4C[C@@](O)(C#Cc5ccc(C(C)=O)cc5)CC[C@]4(C)[C@H]3CC[C@]12C. The minimum absolute atomic E-state index is 0.0636. The minimum Gasteiger partial charge on any atom is -0.381 e. The molecule has 1 aromatic carbocycles. The Hall–Kier alpha value is -1.63. The topological polar surface area (TPSA) is 46.5 Å². The van der Waals surface area contributed by atoms with Crippen LogP contribution in [0.5, 0.6) is 0 Å². The Bertz CT molecular complexity index is 970. The predicted molar refractivity (Wildman–Crippen MR) is 131 cm³/mol. The summed E-state index contributed by atoms with van der Waals surface area (Å²) in [5, 5.41) is 11.4. The molecule has 4 fully saturated rings. The van der Waals surface area contributed by atoms with Crippen molar-refractivity contribution in [3.63, 3.8) is 0 Å². The van der Waals surface area contributed by atoms with Gasteiger partial charge in [-0.05, 0) is 111 Å². The number of rotatable bonds is 2. The zero-order chi connectivity index (χ0) is 23.4. The van der Waals surface area contributed by atoms with Crippen molar-refractivity contribution in [1.82, 2.24) is 0 Å². The molecule has 3 nitrogen and oxygen atoms in total. The van der Waals surface area contributed by atoms with Gasteiger partial charge in [-0.15, -0.1) is 0 Å². The second kappa shape index (κ2) is 8.24. The average Bonchev–Trinajstić information content (AvgIpc) is 3.15. The van der Waals surface area contributed by atoms with Crippen LogP contribution in [0.1, 0.15) is 94.5 Å². The van der Waals surface area contributed by atoms with Crippen LogP contribution in [-0.4, -0.2) is 29.7 Å². The van der Waals surface area contributed by atoms with E-state index in [1.165, 1.54) is 38.5 Å². The summed E-state index contributed by atoms with van der Waals surface area (Å²) in [6.45, 7) is 6.61. The Labute approximate surface area is 199 Å². The van der Waals surface area contributed by atoms with E-state index >= 15 is 0 Å². The van der Waals surface area contributed by atoms with Crippen LogP contribution in [0.2, 0.25) is 0 Å². The van der Waals surface area contributed by atoms with Crippen LogP contribution < -0.4 is 0 Å². The molecule has 1 aromatic rings. The van der Waals surface area contributed by atoms with Crippen molar-refractivity contribution in [3.8, 4) is 11.8 Å². The molecule has 0 bridgehead atoms. The summed E-state index contributed by atoms with van der Waals surface area (Å²) in [6.07, 6.45) is 10.8. The standard InChI is InChI=1S/C30H40O3/c1-20(31)22-7-5-21(6-8-22)13-16-30(32)18-17-28(2)23(19-30)9-10-24-25-11-12-27(33-4)29(25,3)15-14-26(24)28/h5-8,23-27,32H,9-12,14-15,17-19H2,1-4H3/t23-,24-,25-,26-,27-,28-,29-,30+/m0/s1. The summed E-state index contributed by atoms with van der Waals surface area (Å²) in [4.78, 5) is 11.5. The summed E-state index contributed by atoms with van der Waals surface area (Å²) in [7, 11) is 1.91. The third-order valence-electron chi connectivity index (χ3n) is 10.7. The lowest BCUT2D eigenvalue weighted by molar-refractivity contribution is -0.146. The number of aliphatic hydroxyl groups is 1. The van der Waals surface area contributed by atoms with Gasteiger partial charge in [-0.25, -0.2) is 0 Å². The van der Waals surface area contributed by atoms with E-state index in [1.54, 1.807) is 6.92 Å². The molecule has 0 aliphatic heterocycles. The van der Waals surface area contributed by atoms with E-state index in [-0.39, 0.29) is 5.78 Å². The predicted octanol–water partition coefficient (Wildman–Crippen LogP) is 6.03. The number of methoxy groups -OCH3 is 1. The third-order valence-corrected chi connectivity index (χ3v) is 10.7. The third kappa shape index (κ3) is 3.78. The number of Topliss-reactive ketones (excluding diaryl/α,β-unsaturated/α-hetero) is 1. The highest BCUT2D eigenvalue weighted by Crippen LogP contribution is 2.67. The number of hydrogen-bond acceptors (Lipinski definition) is 3. The molecule has 0 heterocycles. The fourth-order valence-electron chi connectivity index (χ4n) is 8.67. The first-order chi connectivity index (χ1) is 15.7. The number of carbonyl (C=O) groups excluding carboxylic acids is 1. The summed E-state index contributed by atoms with van der Waals surface area (Å²) in [5.74, 6) is 9.47. The molecule has 0 radical (unpaired) electrons. The maximum atomic E-state index is 11.5. The number of ketones is 1. The Morgan fingerprint density at radius 3 is 2.39 bits per heavy atom. The van der Waals surface area contributed by atoms with E-state index in [9.17, 15) is 9.90 Å². The Morgan fingerprint density at radius 2 is 1.70 bits per heavy atom. The highest BCUT2D eigenvalue weighted by Gasteiger charge is 2.61. The van der Waals surface area contributed by atoms with Gasteiger partial charge in [0.1, 0.15) is 5.60 Å². The van der Waals surface area contributed by atoms with Gasteiger partial charge in [-0.3, -0.25) is 4.79 Å². The monoisotopic (exact) mass is 448 g/mol. The Balaban J connectivity index is 1.32. The quantitative estimate of drug-likeness (QED) is 0.444. The van der Waals surface area contributed by atoms with Crippen molar-refractivity contribution in [2.45, 2.75) is 90.3 Å². The molecule has 0 unspecified atom stereocenters. The number of ether oxygens (including phenoxy) is 1. The molecule has 4 aliphatic carbocycles. The van der Waals surface area contributed by atoms with E-state index in [2.05, 4.69) is 25.7 Å². The fraction of sp³-hybridized carbons (Fsp3) is 0.700. The van der Waals surface area contributed by atoms with Crippen molar-refractivity contribution in [2.24, 2.45) is 34.5 Å². The molecule has 8 atom stereocenters. The maximum Gasteiger partial charge on any atom is 0.159 e. The van der Waals surface area contributed by atoms with Crippen LogP contribution in [0.4, 0.5) is 0 Å². The van der Waals surface area contributed by atoms with E-state index in [4.69, 9.17) is 4.74 Å². The number of carbonyl (C=O) groups is 1. The summed E-state index contributed by atoms with van der Waals surface area (Å²) < 4.78 is 5.94. The molecule has 4 aliphatic rings. The molecule has 1 N–H and O–H groups in total. The van der Waals surface area contributed by atoms with Gasteiger partial charge < -0.3 is 9.84 Å². The van der Waals surface area contributed by atoms with Gasteiger partial charge in [0.05, 0.1) is 6.10 Å². The molecule has 0 aromatic heterocycles. The molecular formula is C30H40O3. The van der Waals surface area contributed by atoms with Crippen LogP contribution in [0.25, 0.3) is 0 Å². The van der Waals surface area contributed by atoms with Gasteiger partial charge in [-0.2, -0.15) is 0 Å². The van der Waals surface area contributed by atoms with Gasteiger partial charge >= 0.3 is 0 Å². The lowest BCUT2D eigenvalue weighted by Crippen LogP contribution is -2.56. The number of benzene rings is 1. The zero-order valence-corrected chi connectivity index (χ0v) is 20.8. The molecule has 0 amide bonds. The summed E-state index contributed by atoms with van der Waals surface area (Å²) >= 11 is 0. The normalized spacial score (nSPS) is 44.1. The molecule has 5 rings (SSSR count). The van der Waals surface area contributed by atoms with Crippen molar-refractivity contribution >= 4 is 5.78 Å². The van der Waals surface area contributed by atoms with Gasteiger partial charge in [0.2, 0.25) is 0 Å². The van der Waals surface area contributed by atoms with Gasteiger partial charge in [0.15, 0.2) is 5.78 Å². The smallest absolute Gasteiger partial charge is 0.159 e. The van der Waals surface area contributed by atoms with E-state index in [0.717, 1.165) is 42.6 Å².